The van der Waals surface area contributed by atoms with Crippen molar-refractivity contribution in [1.82, 2.24) is 25.6 Å². The highest BCUT2D eigenvalue weighted by atomic mass is 32.2. The third-order valence-corrected chi connectivity index (χ3v) is 7.49. The molecule has 2 aliphatic heterocycles. The summed E-state index contributed by atoms with van der Waals surface area (Å²) in [6.07, 6.45) is 0.00147. The highest BCUT2D eigenvalue weighted by molar-refractivity contribution is 8.01. The first kappa shape index (κ1) is 22.7. The molecule has 2 amide bonds. The number of anilines is 1. The average molecular weight is 491 g/mol. The van der Waals surface area contributed by atoms with Crippen molar-refractivity contribution < 1.29 is 29.4 Å². The van der Waals surface area contributed by atoms with Crippen LogP contribution in [0.5, 0.6) is 0 Å². The number of nitrogens with two attached hydrogens (primary N) is 1. The minimum atomic E-state index is -1.27. The first-order valence-electron chi connectivity index (χ1n) is 9.57. The summed E-state index contributed by atoms with van der Waals surface area (Å²) in [6, 6.07) is 6.07. The number of nitrogens with zero attached hydrogens (tertiary/aromatic N) is 3. The number of benzene rings is 1. The molecular formula is C19H18N6O6S2. The van der Waals surface area contributed by atoms with Crippen molar-refractivity contribution in [2.45, 2.75) is 22.9 Å². The SMILES string of the molecule is Nc1ccccc1CC(=O)NC1C(=O)N2C(C(=O)O)=C(CSc3[nH]nnc3C(=O)O)CS[C@H]12. The smallest absolute Gasteiger partial charge is 0.359 e. The molecule has 33 heavy (non-hydrogen) atoms. The van der Waals surface area contributed by atoms with Gasteiger partial charge in [0.1, 0.15) is 22.1 Å². The summed E-state index contributed by atoms with van der Waals surface area (Å²) >= 11 is 2.36. The number of aromatic nitrogens is 3. The second-order valence-electron chi connectivity index (χ2n) is 7.17. The number of hydrogen-bond acceptors (Lipinski definition) is 9. The normalized spacial score (nSPS) is 19.6. The zero-order valence-electron chi connectivity index (χ0n) is 16.8. The molecule has 6 N–H and O–H groups in total. The van der Waals surface area contributed by atoms with Gasteiger partial charge in [-0.05, 0) is 17.2 Å². The number of carboxylic acids is 2. The largest absolute Gasteiger partial charge is 0.477 e. The summed E-state index contributed by atoms with van der Waals surface area (Å²) in [7, 11) is 0. The molecule has 2 atom stereocenters. The van der Waals surface area contributed by atoms with Crippen LogP contribution in [0.15, 0.2) is 40.6 Å². The lowest BCUT2D eigenvalue weighted by Crippen LogP contribution is -2.70. The fourth-order valence-corrected chi connectivity index (χ4v) is 5.91. The Labute approximate surface area is 195 Å². The van der Waals surface area contributed by atoms with Gasteiger partial charge in [0.05, 0.1) is 6.42 Å². The molecule has 1 aromatic carbocycles. The lowest BCUT2D eigenvalue weighted by Gasteiger charge is -2.49. The Morgan fingerprint density at radius 2 is 2.03 bits per heavy atom. The van der Waals surface area contributed by atoms with Crippen molar-refractivity contribution in [3.63, 3.8) is 0 Å². The quantitative estimate of drug-likeness (QED) is 0.192. The Hall–Kier alpha value is -3.52. The van der Waals surface area contributed by atoms with Crippen molar-refractivity contribution >= 4 is 53.0 Å². The van der Waals surface area contributed by atoms with E-state index in [2.05, 4.69) is 20.7 Å². The molecular weight excluding hydrogens is 472 g/mol. The number of nitrogen functional groups attached to an aromatic ring is 1. The third-order valence-electron chi connectivity index (χ3n) is 5.08. The number of aromatic carboxylic acids is 1. The van der Waals surface area contributed by atoms with E-state index in [0.29, 0.717) is 22.6 Å². The monoisotopic (exact) mass is 490 g/mol. The van der Waals surface area contributed by atoms with Gasteiger partial charge in [-0.25, -0.2) is 9.59 Å². The molecule has 1 saturated heterocycles. The molecule has 2 aliphatic rings. The predicted octanol–water partition coefficient (Wildman–Crippen LogP) is 0.159. The molecule has 14 heteroatoms. The van der Waals surface area contributed by atoms with E-state index in [9.17, 15) is 24.3 Å². The Bertz CT molecular complexity index is 1180. The number of H-pyrrole nitrogens is 1. The van der Waals surface area contributed by atoms with Gasteiger partial charge in [-0.2, -0.15) is 0 Å². The molecule has 1 unspecified atom stereocenters. The molecule has 1 aromatic heterocycles. The maximum absolute atomic E-state index is 12.8. The van der Waals surface area contributed by atoms with Gasteiger partial charge < -0.3 is 21.3 Å². The molecule has 0 spiro atoms. The standard InChI is InChI=1S/C19H18N6O6S2/c20-10-4-2-1-3-8(10)5-11(26)21-13-16(27)25-14(19(30)31)9(7-33-17(13)25)6-32-15-12(18(28)29)22-24-23-15/h1-4,13,17H,5-7,20H2,(H,21,26)(H,28,29)(H,30,31)(H,22,23,24)/t13?,17-/m1/s1. The number of para-hydroxylation sites is 1. The van der Waals surface area contributed by atoms with E-state index < -0.39 is 29.3 Å². The van der Waals surface area contributed by atoms with Crippen LogP contribution in [-0.2, 0) is 20.8 Å². The van der Waals surface area contributed by atoms with E-state index in [1.54, 1.807) is 24.3 Å². The van der Waals surface area contributed by atoms with E-state index in [-0.39, 0.29) is 34.5 Å². The van der Waals surface area contributed by atoms with Crippen LogP contribution in [0.4, 0.5) is 5.69 Å². The summed E-state index contributed by atoms with van der Waals surface area (Å²) in [5.41, 5.74) is 7.00. The van der Waals surface area contributed by atoms with Crippen LogP contribution in [0.1, 0.15) is 16.1 Å². The number of carbonyl (C=O) groups excluding carboxylic acids is 2. The molecule has 3 heterocycles. The minimum Gasteiger partial charge on any atom is -0.477 e. The zero-order valence-corrected chi connectivity index (χ0v) is 18.5. The number of rotatable bonds is 8. The van der Waals surface area contributed by atoms with Crippen LogP contribution in [0, 0.1) is 0 Å². The van der Waals surface area contributed by atoms with Crippen LogP contribution in [-0.4, -0.2) is 77.2 Å². The lowest BCUT2D eigenvalue weighted by molar-refractivity contribution is -0.150. The molecule has 172 valence electrons. The van der Waals surface area contributed by atoms with Gasteiger partial charge in [0.2, 0.25) is 11.6 Å². The fourth-order valence-electron chi connectivity index (χ4n) is 3.51. The van der Waals surface area contributed by atoms with Crippen LogP contribution >= 0.6 is 23.5 Å². The van der Waals surface area contributed by atoms with Gasteiger partial charge in [-0.3, -0.25) is 19.6 Å². The van der Waals surface area contributed by atoms with Gasteiger partial charge in [-0.1, -0.05) is 35.2 Å². The molecule has 0 bridgehead atoms. The average Bonchev–Trinajstić information content (AvgIpc) is 3.26. The molecule has 0 aliphatic carbocycles. The topological polar surface area (TPSA) is 192 Å². The summed E-state index contributed by atoms with van der Waals surface area (Å²) in [5.74, 6) is -3.01. The Morgan fingerprint density at radius 1 is 1.27 bits per heavy atom. The van der Waals surface area contributed by atoms with Gasteiger partial charge in [0, 0.05) is 17.2 Å². The van der Waals surface area contributed by atoms with Gasteiger partial charge in [-0.15, -0.1) is 16.9 Å². The van der Waals surface area contributed by atoms with Crippen LogP contribution < -0.4 is 11.1 Å². The van der Waals surface area contributed by atoms with E-state index in [1.807, 2.05) is 0 Å². The predicted molar refractivity (Wildman–Crippen MR) is 118 cm³/mol. The van der Waals surface area contributed by atoms with Crippen molar-refractivity contribution in [2.24, 2.45) is 0 Å². The van der Waals surface area contributed by atoms with E-state index in [1.165, 1.54) is 11.8 Å². The summed E-state index contributed by atoms with van der Waals surface area (Å²) < 4.78 is 0. The molecule has 1 fully saturated rings. The number of carboxylic acid groups (broad SMARTS) is 2. The van der Waals surface area contributed by atoms with Crippen LogP contribution in [0.25, 0.3) is 0 Å². The van der Waals surface area contributed by atoms with Gasteiger partial charge in [0.15, 0.2) is 0 Å². The number of β-lactam (4-membered cyclic amide) rings is 1. The first-order valence-corrected chi connectivity index (χ1v) is 11.6. The highest BCUT2D eigenvalue weighted by Gasteiger charge is 2.54. The van der Waals surface area contributed by atoms with E-state index in [4.69, 9.17) is 10.8 Å². The molecule has 4 rings (SSSR count). The van der Waals surface area contributed by atoms with E-state index >= 15 is 0 Å². The Morgan fingerprint density at radius 3 is 2.73 bits per heavy atom. The molecule has 0 saturated carbocycles. The zero-order chi connectivity index (χ0) is 23.7. The molecule has 12 nitrogen and oxygen atoms in total. The Balaban J connectivity index is 1.45. The highest BCUT2D eigenvalue weighted by Crippen LogP contribution is 2.41. The summed E-state index contributed by atoms with van der Waals surface area (Å²) in [6.45, 7) is 0. The molecule has 0 radical (unpaired) electrons. The number of aromatic amines is 1. The minimum absolute atomic E-state index is 0.00147. The summed E-state index contributed by atoms with van der Waals surface area (Å²) in [4.78, 5) is 49.5. The number of carbonyl (C=O) groups is 4. The maximum atomic E-state index is 12.8. The lowest BCUT2D eigenvalue weighted by atomic mass is 10.0. The van der Waals surface area contributed by atoms with Gasteiger partial charge in [0.25, 0.3) is 5.91 Å². The van der Waals surface area contributed by atoms with Crippen LogP contribution in [0.2, 0.25) is 0 Å². The number of fused-ring (bicyclic) bond motifs is 1. The van der Waals surface area contributed by atoms with Crippen molar-refractivity contribution in [3.8, 4) is 0 Å². The molecule has 2 aromatic rings. The number of nitrogens with one attached hydrogen (secondary N) is 2. The number of hydrogen-bond donors (Lipinski definition) is 5. The number of aliphatic carboxylic acids is 1. The summed E-state index contributed by atoms with van der Waals surface area (Å²) in [5, 5.41) is 30.6. The first-order chi connectivity index (χ1) is 15.8. The number of thioether (sulfide) groups is 2. The fraction of sp³-hybridized carbons (Fsp3) is 0.263. The van der Waals surface area contributed by atoms with Gasteiger partial charge >= 0.3 is 11.9 Å². The second kappa shape index (κ2) is 9.15. The Kier molecular flexibility index (Phi) is 6.29. The number of amides is 2. The van der Waals surface area contributed by atoms with Crippen molar-refractivity contribution in [2.75, 3.05) is 17.2 Å². The van der Waals surface area contributed by atoms with Crippen molar-refractivity contribution in [1.29, 1.82) is 0 Å². The van der Waals surface area contributed by atoms with Crippen molar-refractivity contribution in [3.05, 3.63) is 46.8 Å². The van der Waals surface area contributed by atoms with Crippen LogP contribution in [0.3, 0.4) is 0 Å². The third kappa shape index (κ3) is 4.39. The van der Waals surface area contributed by atoms with E-state index in [0.717, 1.165) is 16.7 Å². The maximum Gasteiger partial charge on any atom is 0.359 e. The second-order valence-corrected chi connectivity index (χ2v) is 9.26.